The van der Waals surface area contributed by atoms with Crippen LogP contribution in [0.25, 0.3) is 0 Å². The van der Waals surface area contributed by atoms with Gasteiger partial charge >= 0.3 is 12.1 Å². The Hall–Kier alpha value is -1.63. The lowest BCUT2D eigenvalue weighted by atomic mass is 9.90. The fourth-order valence-corrected chi connectivity index (χ4v) is 2.02. The van der Waals surface area contributed by atoms with Crippen molar-refractivity contribution in [1.29, 1.82) is 0 Å². The number of carbonyl (C=O) groups is 1. The van der Waals surface area contributed by atoms with E-state index >= 15 is 0 Å². The maximum atomic E-state index is 13.2. The number of aliphatic hydroxyl groups is 1. The molecule has 0 aliphatic heterocycles. The molecule has 3 nitrogen and oxygen atoms in total. The zero-order valence-corrected chi connectivity index (χ0v) is 11.3. The third kappa shape index (κ3) is 4.42. The largest absolute Gasteiger partial charge is 0.481 e. The fraction of sp³-hybridized carbons (Fsp3) is 0.500. The Labute approximate surface area is 119 Å². The predicted octanol–water partition coefficient (Wildman–Crippen LogP) is 3.77. The Balaban J connectivity index is 3.11. The summed E-state index contributed by atoms with van der Waals surface area (Å²) in [6.07, 6.45) is -5.18. The van der Waals surface area contributed by atoms with Crippen molar-refractivity contribution in [2.75, 3.05) is 0 Å². The Morgan fingerprint density at radius 1 is 1.33 bits per heavy atom. The second-order valence-electron chi connectivity index (χ2n) is 4.77. The molecule has 0 saturated carbocycles. The van der Waals surface area contributed by atoms with Gasteiger partial charge in [0, 0.05) is 0 Å². The number of benzene rings is 1. The molecule has 2 atom stereocenters. The van der Waals surface area contributed by atoms with Crippen LogP contribution < -0.4 is 0 Å². The molecule has 2 N–H and O–H groups in total. The third-order valence-corrected chi connectivity index (χ3v) is 3.20. The van der Waals surface area contributed by atoms with Crippen molar-refractivity contribution < 1.29 is 32.6 Å². The first-order valence-corrected chi connectivity index (χ1v) is 6.46. The molecule has 0 spiro atoms. The Bertz CT molecular complexity index is 499. The molecule has 0 radical (unpaired) electrons. The van der Waals surface area contributed by atoms with Gasteiger partial charge in [0.2, 0.25) is 0 Å². The molecule has 1 aromatic carbocycles. The van der Waals surface area contributed by atoms with Crippen LogP contribution in [-0.2, 0) is 11.0 Å². The molecule has 0 saturated heterocycles. The highest BCUT2D eigenvalue weighted by Crippen LogP contribution is 2.35. The van der Waals surface area contributed by atoms with Crippen LogP contribution in [0.3, 0.4) is 0 Å². The predicted molar refractivity (Wildman–Crippen MR) is 67.0 cm³/mol. The summed E-state index contributed by atoms with van der Waals surface area (Å²) in [6, 6.07) is 2.01. The average Bonchev–Trinajstić information content (AvgIpc) is 2.37. The van der Waals surface area contributed by atoms with E-state index in [0.717, 1.165) is 6.07 Å². The van der Waals surface area contributed by atoms with Crippen LogP contribution in [0, 0.1) is 11.7 Å². The zero-order chi connectivity index (χ0) is 16.2. The molecule has 1 aromatic rings. The Morgan fingerprint density at radius 3 is 2.43 bits per heavy atom. The molecular weight excluding hydrogens is 292 g/mol. The van der Waals surface area contributed by atoms with Crippen molar-refractivity contribution in [2.24, 2.45) is 5.92 Å². The van der Waals surface area contributed by atoms with Crippen molar-refractivity contribution >= 4 is 5.97 Å². The Kier molecular flexibility index (Phi) is 5.71. The minimum absolute atomic E-state index is 0.131. The maximum absolute atomic E-state index is 13.2. The van der Waals surface area contributed by atoms with Crippen molar-refractivity contribution in [3.05, 3.63) is 35.1 Å². The number of aliphatic carboxylic acids is 1. The number of carboxylic acid groups (broad SMARTS) is 1. The smallest absolute Gasteiger partial charge is 0.419 e. The lowest BCUT2D eigenvalue weighted by molar-refractivity contribution is -0.146. The van der Waals surface area contributed by atoms with Crippen molar-refractivity contribution in [3.8, 4) is 0 Å². The molecule has 21 heavy (non-hydrogen) atoms. The van der Waals surface area contributed by atoms with E-state index in [1.54, 1.807) is 0 Å². The molecule has 0 aliphatic rings. The van der Waals surface area contributed by atoms with Crippen LogP contribution >= 0.6 is 0 Å². The van der Waals surface area contributed by atoms with E-state index in [2.05, 4.69) is 0 Å². The summed E-state index contributed by atoms with van der Waals surface area (Å²) in [4.78, 5) is 11.1. The van der Waals surface area contributed by atoms with Gasteiger partial charge in [-0.2, -0.15) is 13.2 Å². The number of unbranched alkanes of at least 4 members (excludes halogenated alkanes) is 1. The van der Waals surface area contributed by atoms with Gasteiger partial charge in [-0.05, 0) is 24.1 Å². The van der Waals surface area contributed by atoms with Gasteiger partial charge in [-0.25, -0.2) is 4.39 Å². The summed E-state index contributed by atoms with van der Waals surface area (Å²) in [7, 11) is 0. The lowest BCUT2D eigenvalue weighted by Gasteiger charge is -2.20. The quantitative estimate of drug-likeness (QED) is 0.787. The van der Waals surface area contributed by atoms with Gasteiger partial charge in [0.15, 0.2) is 0 Å². The summed E-state index contributed by atoms with van der Waals surface area (Å²) < 4.78 is 51.0. The monoisotopic (exact) mass is 308 g/mol. The topological polar surface area (TPSA) is 57.5 Å². The summed E-state index contributed by atoms with van der Waals surface area (Å²) >= 11 is 0. The minimum Gasteiger partial charge on any atom is -0.481 e. The van der Waals surface area contributed by atoms with Gasteiger partial charge in [0.05, 0.1) is 17.6 Å². The van der Waals surface area contributed by atoms with Crippen LogP contribution in [0.15, 0.2) is 18.2 Å². The van der Waals surface area contributed by atoms with Gasteiger partial charge in [-0.1, -0.05) is 25.8 Å². The van der Waals surface area contributed by atoms with E-state index in [-0.39, 0.29) is 12.0 Å². The normalized spacial score (nSPS) is 14.8. The average molecular weight is 308 g/mol. The Morgan fingerprint density at radius 2 is 1.95 bits per heavy atom. The summed E-state index contributed by atoms with van der Waals surface area (Å²) in [5.74, 6) is -3.98. The van der Waals surface area contributed by atoms with E-state index in [1.165, 1.54) is 0 Å². The van der Waals surface area contributed by atoms with Gasteiger partial charge < -0.3 is 10.2 Å². The number of hydrogen-bond acceptors (Lipinski definition) is 2. The van der Waals surface area contributed by atoms with Gasteiger partial charge in [0.25, 0.3) is 0 Å². The lowest BCUT2D eigenvalue weighted by Crippen LogP contribution is -2.22. The minimum atomic E-state index is -4.90. The number of alkyl halides is 3. The number of rotatable bonds is 6. The second kappa shape index (κ2) is 6.89. The molecule has 2 unspecified atom stereocenters. The summed E-state index contributed by atoms with van der Waals surface area (Å²) in [5.41, 5.74) is -1.77. The van der Waals surface area contributed by atoms with Gasteiger partial charge in [0.1, 0.15) is 5.82 Å². The molecular formula is C14H16F4O3. The molecule has 0 bridgehead atoms. The van der Waals surface area contributed by atoms with Crippen molar-refractivity contribution in [1.82, 2.24) is 0 Å². The number of carboxylic acids is 1. The van der Waals surface area contributed by atoms with Crippen LogP contribution in [-0.4, -0.2) is 16.2 Å². The molecule has 0 aliphatic carbocycles. The van der Waals surface area contributed by atoms with Crippen LogP contribution in [0.5, 0.6) is 0 Å². The van der Waals surface area contributed by atoms with E-state index in [9.17, 15) is 27.5 Å². The molecule has 118 valence electrons. The standard InChI is InChI=1S/C14H16F4O3/c1-2-3-4-9(13(20)21)12(19)8-5-6-11(15)10(7-8)14(16,17)18/h5-7,9,12,19H,2-4H2,1H3,(H,20,21). The van der Waals surface area contributed by atoms with Crippen LogP contribution in [0.1, 0.15) is 43.4 Å². The number of hydrogen-bond donors (Lipinski definition) is 2. The van der Waals surface area contributed by atoms with E-state index in [4.69, 9.17) is 5.11 Å². The summed E-state index contributed by atoms with van der Waals surface area (Å²) in [6.45, 7) is 1.82. The number of aliphatic hydroxyl groups excluding tert-OH is 1. The van der Waals surface area contributed by atoms with E-state index < -0.39 is 35.5 Å². The fourth-order valence-electron chi connectivity index (χ4n) is 2.02. The molecule has 0 fully saturated rings. The first-order valence-electron chi connectivity index (χ1n) is 6.46. The highest BCUT2D eigenvalue weighted by Gasteiger charge is 2.36. The zero-order valence-electron chi connectivity index (χ0n) is 11.3. The second-order valence-corrected chi connectivity index (χ2v) is 4.77. The summed E-state index contributed by atoms with van der Waals surface area (Å²) in [5, 5.41) is 19.0. The first-order chi connectivity index (χ1) is 9.68. The third-order valence-electron chi connectivity index (χ3n) is 3.20. The molecule has 0 amide bonds. The molecule has 1 rings (SSSR count). The SMILES string of the molecule is CCCCC(C(=O)O)C(O)c1ccc(F)c(C(F)(F)F)c1. The van der Waals surface area contributed by atoms with Crippen LogP contribution in [0.4, 0.5) is 17.6 Å². The molecule has 7 heteroatoms. The van der Waals surface area contributed by atoms with Crippen molar-refractivity contribution in [2.45, 2.75) is 38.5 Å². The first kappa shape index (κ1) is 17.4. The highest BCUT2D eigenvalue weighted by molar-refractivity contribution is 5.71. The van der Waals surface area contributed by atoms with Crippen molar-refractivity contribution in [3.63, 3.8) is 0 Å². The van der Waals surface area contributed by atoms with Gasteiger partial charge in [-0.15, -0.1) is 0 Å². The van der Waals surface area contributed by atoms with E-state index in [1.807, 2.05) is 6.92 Å². The van der Waals surface area contributed by atoms with E-state index in [0.29, 0.717) is 25.0 Å². The molecule has 0 aromatic heterocycles. The van der Waals surface area contributed by atoms with Gasteiger partial charge in [-0.3, -0.25) is 4.79 Å². The van der Waals surface area contributed by atoms with Crippen LogP contribution in [0.2, 0.25) is 0 Å². The molecule has 0 heterocycles. The highest BCUT2D eigenvalue weighted by atomic mass is 19.4. The maximum Gasteiger partial charge on any atom is 0.419 e. The number of halogens is 4.